The van der Waals surface area contributed by atoms with Crippen LogP contribution in [0.1, 0.15) is 42.5 Å². The lowest BCUT2D eigenvalue weighted by atomic mass is 9.90. The smallest absolute Gasteiger partial charge is 0.257 e. The highest BCUT2D eigenvalue weighted by Gasteiger charge is 2.19. The third kappa shape index (κ3) is 6.24. The summed E-state index contributed by atoms with van der Waals surface area (Å²) in [6.45, 7) is 0.233. The van der Waals surface area contributed by atoms with Crippen LogP contribution < -0.4 is 25.3 Å². The molecule has 3 rings (SSSR count). The zero-order valence-corrected chi connectivity index (χ0v) is 18.1. The molecular formula is C22H26ClN3O5. The van der Waals surface area contributed by atoms with Crippen LogP contribution in [-0.2, 0) is 4.79 Å². The summed E-state index contributed by atoms with van der Waals surface area (Å²) >= 11 is 6.23. The number of ether oxygens (including phenoxy) is 3. The zero-order valence-electron chi connectivity index (χ0n) is 17.4. The lowest BCUT2D eigenvalue weighted by molar-refractivity contribution is -0.119. The Hall–Kier alpha value is -3.00. The number of anilines is 1. The molecule has 1 aliphatic rings. The largest absolute Gasteiger partial charge is 0.493 e. The van der Waals surface area contributed by atoms with Crippen LogP contribution >= 0.6 is 11.6 Å². The van der Waals surface area contributed by atoms with Gasteiger partial charge in [0.2, 0.25) is 0 Å². The normalized spacial score (nSPS) is 14.0. The maximum absolute atomic E-state index is 12.8. The Morgan fingerprint density at radius 2 is 1.97 bits per heavy atom. The average molecular weight is 448 g/mol. The minimum absolute atomic E-state index is 0.112. The molecule has 2 aromatic rings. The molecule has 3 N–H and O–H groups in total. The first-order valence-corrected chi connectivity index (χ1v) is 10.5. The van der Waals surface area contributed by atoms with E-state index in [0.29, 0.717) is 24.1 Å². The second-order valence-electron chi connectivity index (χ2n) is 7.36. The Balaban J connectivity index is 1.72. The molecule has 2 amide bonds. The maximum Gasteiger partial charge on any atom is 0.257 e. The number of halogens is 1. The van der Waals surface area contributed by atoms with Gasteiger partial charge >= 0.3 is 0 Å². The number of benzene rings is 1. The van der Waals surface area contributed by atoms with Gasteiger partial charge in [-0.25, -0.2) is 4.98 Å². The summed E-state index contributed by atoms with van der Waals surface area (Å²) in [5.41, 5.74) is 5.33. The summed E-state index contributed by atoms with van der Waals surface area (Å²) < 4.78 is 16.5. The molecule has 0 radical (unpaired) electrons. The average Bonchev–Trinajstić information content (AvgIpc) is 2.77. The zero-order chi connectivity index (χ0) is 22.2. The van der Waals surface area contributed by atoms with Crippen molar-refractivity contribution in [2.75, 3.05) is 25.6 Å². The van der Waals surface area contributed by atoms with E-state index in [9.17, 15) is 9.59 Å². The second-order valence-corrected chi connectivity index (χ2v) is 7.77. The highest BCUT2D eigenvalue weighted by Crippen LogP contribution is 2.37. The van der Waals surface area contributed by atoms with Gasteiger partial charge in [0, 0.05) is 11.8 Å². The van der Waals surface area contributed by atoms with Gasteiger partial charge in [0.15, 0.2) is 29.7 Å². The Labute approximate surface area is 186 Å². The van der Waals surface area contributed by atoms with Gasteiger partial charge in [-0.1, -0.05) is 30.9 Å². The van der Waals surface area contributed by atoms with Crippen molar-refractivity contribution in [3.8, 4) is 17.2 Å². The number of aromatic nitrogens is 1. The standard InChI is InChI=1S/C22H26ClN3O5/c1-29-18-11-15(10-16(23)20(18)31-13-19(24)27)22(28)26-21-17(8-5-9-25-21)30-12-14-6-3-2-4-7-14/h5,8-11,14H,2-4,6-7,12-13H2,1H3,(H2,24,27)(H,25,26,28). The van der Waals surface area contributed by atoms with Crippen LogP contribution in [0.15, 0.2) is 30.5 Å². The molecule has 0 atom stereocenters. The van der Waals surface area contributed by atoms with Crippen LogP contribution in [0.25, 0.3) is 0 Å². The van der Waals surface area contributed by atoms with Crippen LogP contribution in [-0.4, -0.2) is 37.1 Å². The molecule has 0 unspecified atom stereocenters. The minimum Gasteiger partial charge on any atom is -0.493 e. The molecule has 31 heavy (non-hydrogen) atoms. The minimum atomic E-state index is -0.657. The van der Waals surface area contributed by atoms with Gasteiger partial charge in [0.05, 0.1) is 18.7 Å². The van der Waals surface area contributed by atoms with Gasteiger partial charge in [-0.15, -0.1) is 0 Å². The number of carbonyl (C=O) groups excluding carboxylic acids is 2. The SMILES string of the molecule is COc1cc(C(=O)Nc2ncccc2OCC2CCCCC2)cc(Cl)c1OCC(N)=O. The fourth-order valence-electron chi connectivity index (χ4n) is 3.48. The lowest BCUT2D eigenvalue weighted by Crippen LogP contribution is -2.20. The number of pyridine rings is 1. The summed E-state index contributed by atoms with van der Waals surface area (Å²) in [5, 5.41) is 2.87. The number of nitrogens with one attached hydrogen (secondary N) is 1. The van der Waals surface area contributed by atoms with Crippen molar-refractivity contribution in [1.82, 2.24) is 4.98 Å². The molecule has 1 heterocycles. The second kappa shape index (κ2) is 10.9. The molecule has 1 fully saturated rings. The summed E-state index contributed by atoms with van der Waals surface area (Å²) in [4.78, 5) is 28.1. The maximum atomic E-state index is 12.8. The number of primary amides is 1. The Bertz CT molecular complexity index is 931. The van der Waals surface area contributed by atoms with Crippen molar-refractivity contribution in [2.24, 2.45) is 11.7 Å². The van der Waals surface area contributed by atoms with E-state index < -0.39 is 11.8 Å². The van der Waals surface area contributed by atoms with E-state index in [-0.39, 0.29) is 28.7 Å². The molecule has 166 valence electrons. The van der Waals surface area contributed by atoms with E-state index in [1.54, 1.807) is 18.3 Å². The quantitative estimate of drug-likeness (QED) is 0.604. The van der Waals surface area contributed by atoms with Gasteiger partial charge in [0.1, 0.15) is 0 Å². The topological polar surface area (TPSA) is 113 Å². The summed E-state index contributed by atoms with van der Waals surface area (Å²) in [6, 6.07) is 6.42. The van der Waals surface area contributed by atoms with Gasteiger partial charge in [0.25, 0.3) is 11.8 Å². The first-order chi connectivity index (χ1) is 15.0. The van der Waals surface area contributed by atoms with Crippen LogP contribution in [0.3, 0.4) is 0 Å². The summed E-state index contributed by atoms with van der Waals surface area (Å²) in [6.07, 6.45) is 7.63. The highest BCUT2D eigenvalue weighted by atomic mass is 35.5. The van der Waals surface area contributed by atoms with Crippen molar-refractivity contribution in [1.29, 1.82) is 0 Å². The molecule has 1 aliphatic carbocycles. The highest BCUT2D eigenvalue weighted by molar-refractivity contribution is 6.32. The molecule has 0 bridgehead atoms. The molecule has 9 heteroatoms. The molecule has 8 nitrogen and oxygen atoms in total. The van der Waals surface area contributed by atoms with Gasteiger partial charge in [-0.3, -0.25) is 9.59 Å². The van der Waals surface area contributed by atoms with Crippen LogP contribution in [0.5, 0.6) is 17.2 Å². The number of hydrogen-bond acceptors (Lipinski definition) is 6. The summed E-state index contributed by atoms with van der Waals surface area (Å²) in [5.74, 6) is 0.600. The number of nitrogens with zero attached hydrogens (tertiary/aromatic N) is 1. The van der Waals surface area contributed by atoms with Crippen molar-refractivity contribution in [3.63, 3.8) is 0 Å². The van der Waals surface area contributed by atoms with Crippen molar-refractivity contribution in [3.05, 3.63) is 41.0 Å². The monoisotopic (exact) mass is 447 g/mol. The first-order valence-electron chi connectivity index (χ1n) is 10.2. The van der Waals surface area contributed by atoms with E-state index in [0.717, 1.165) is 12.8 Å². The molecule has 1 aromatic carbocycles. The van der Waals surface area contributed by atoms with Crippen LogP contribution in [0, 0.1) is 5.92 Å². The van der Waals surface area contributed by atoms with E-state index in [1.807, 2.05) is 0 Å². The van der Waals surface area contributed by atoms with Crippen molar-refractivity contribution < 1.29 is 23.8 Å². The number of nitrogens with two attached hydrogens (primary N) is 1. The molecule has 0 aliphatic heterocycles. The first kappa shape index (κ1) is 22.7. The van der Waals surface area contributed by atoms with Crippen molar-refractivity contribution >= 4 is 29.2 Å². The molecular weight excluding hydrogens is 422 g/mol. The Morgan fingerprint density at radius 3 is 2.68 bits per heavy atom. The predicted octanol–water partition coefficient (Wildman–Crippen LogP) is 3.82. The molecule has 0 saturated heterocycles. The number of hydrogen-bond donors (Lipinski definition) is 2. The molecule has 0 spiro atoms. The molecule has 1 aromatic heterocycles. The van der Waals surface area contributed by atoms with E-state index in [1.165, 1.54) is 38.5 Å². The predicted molar refractivity (Wildman–Crippen MR) is 117 cm³/mol. The Morgan fingerprint density at radius 1 is 1.19 bits per heavy atom. The third-order valence-electron chi connectivity index (χ3n) is 5.05. The number of carbonyl (C=O) groups is 2. The van der Waals surface area contributed by atoms with Gasteiger partial charge in [-0.2, -0.15) is 0 Å². The van der Waals surface area contributed by atoms with Crippen LogP contribution in [0.2, 0.25) is 5.02 Å². The summed E-state index contributed by atoms with van der Waals surface area (Å²) in [7, 11) is 1.40. The van der Waals surface area contributed by atoms with Crippen molar-refractivity contribution in [2.45, 2.75) is 32.1 Å². The fraction of sp³-hybridized carbons (Fsp3) is 0.409. The van der Waals surface area contributed by atoms with Gasteiger partial charge in [-0.05, 0) is 43.0 Å². The molecule has 1 saturated carbocycles. The Kier molecular flexibility index (Phi) is 7.94. The fourth-order valence-corrected chi connectivity index (χ4v) is 3.74. The number of rotatable bonds is 9. The third-order valence-corrected chi connectivity index (χ3v) is 5.33. The number of amides is 2. The number of methoxy groups -OCH3 is 1. The van der Waals surface area contributed by atoms with Crippen LogP contribution in [0.4, 0.5) is 5.82 Å². The van der Waals surface area contributed by atoms with E-state index >= 15 is 0 Å². The van der Waals surface area contributed by atoms with Gasteiger partial charge < -0.3 is 25.3 Å². The van der Waals surface area contributed by atoms with E-state index in [2.05, 4.69) is 10.3 Å². The lowest BCUT2D eigenvalue weighted by Gasteiger charge is -2.22. The van der Waals surface area contributed by atoms with E-state index in [4.69, 9.17) is 31.5 Å².